The maximum Gasteiger partial charge on any atom is 0.277 e. The van der Waals surface area contributed by atoms with Crippen molar-refractivity contribution in [3.05, 3.63) is 18.0 Å². The van der Waals surface area contributed by atoms with E-state index in [2.05, 4.69) is 5.32 Å². The predicted octanol–water partition coefficient (Wildman–Crippen LogP) is 1.19. The van der Waals surface area contributed by atoms with Crippen molar-refractivity contribution in [1.82, 2.24) is 14.2 Å². The Kier molecular flexibility index (Phi) is 7.58. The lowest BCUT2D eigenvalue weighted by Crippen LogP contribution is -2.41. The minimum absolute atomic E-state index is 0. The standard InChI is InChI=1S/C15H24F2N4O3S.ClH/c1-11-4-3-5-21(7-11)25(23,24)12-6-13(20(2)8-12)14(22)19-10-15(16,17)9-18;/h6,8,11H,3-5,7,9-10,18H2,1-2H3,(H,19,22);1H. The van der Waals surface area contributed by atoms with E-state index in [1.54, 1.807) is 0 Å². The van der Waals surface area contributed by atoms with Crippen LogP contribution in [0.4, 0.5) is 8.78 Å². The second-order valence-corrected chi connectivity index (χ2v) is 8.46. The molecule has 2 heterocycles. The van der Waals surface area contributed by atoms with Crippen LogP contribution < -0.4 is 11.1 Å². The number of carbonyl (C=O) groups excluding carboxylic acids is 1. The van der Waals surface area contributed by atoms with Crippen LogP contribution >= 0.6 is 12.4 Å². The topological polar surface area (TPSA) is 97.4 Å². The molecule has 1 aliphatic heterocycles. The Morgan fingerprint density at radius 2 is 2.12 bits per heavy atom. The summed E-state index contributed by atoms with van der Waals surface area (Å²) in [6.45, 7) is 1.07. The first kappa shape index (κ1) is 22.8. The molecule has 1 aromatic heterocycles. The third-order valence-electron chi connectivity index (χ3n) is 4.28. The van der Waals surface area contributed by atoms with Gasteiger partial charge in [-0.25, -0.2) is 17.2 Å². The number of aryl methyl sites for hydroxylation is 1. The first-order chi connectivity index (χ1) is 11.6. The van der Waals surface area contributed by atoms with Gasteiger partial charge in [0.1, 0.15) is 10.6 Å². The summed E-state index contributed by atoms with van der Waals surface area (Å²) in [4.78, 5) is 12.1. The molecule has 11 heteroatoms. The number of carbonyl (C=O) groups is 1. The molecule has 2 rings (SSSR count). The molecule has 0 bridgehead atoms. The predicted molar refractivity (Wildman–Crippen MR) is 96.2 cm³/mol. The van der Waals surface area contributed by atoms with Crippen LogP contribution in [0.5, 0.6) is 0 Å². The summed E-state index contributed by atoms with van der Waals surface area (Å²) >= 11 is 0. The summed E-state index contributed by atoms with van der Waals surface area (Å²) in [7, 11) is -2.22. The number of nitrogens with zero attached hydrogens (tertiary/aromatic N) is 2. The van der Waals surface area contributed by atoms with Crippen molar-refractivity contribution in [2.75, 3.05) is 26.2 Å². The summed E-state index contributed by atoms with van der Waals surface area (Å²) in [5.41, 5.74) is 4.92. The fourth-order valence-electron chi connectivity index (χ4n) is 2.79. The first-order valence-corrected chi connectivity index (χ1v) is 9.53. The van der Waals surface area contributed by atoms with Gasteiger partial charge in [-0.2, -0.15) is 4.31 Å². The van der Waals surface area contributed by atoms with Crippen LogP contribution in [0.3, 0.4) is 0 Å². The Hall–Kier alpha value is -1.23. The van der Waals surface area contributed by atoms with Crippen LogP contribution in [0.25, 0.3) is 0 Å². The molecule has 1 atom stereocenters. The zero-order valence-corrected chi connectivity index (χ0v) is 16.4. The van der Waals surface area contributed by atoms with Crippen LogP contribution in [-0.2, 0) is 17.1 Å². The van der Waals surface area contributed by atoms with Crippen LogP contribution in [0.1, 0.15) is 30.3 Å². The summed E-state index contributed by atoms with van der Waals surface area (Å²) in [5, 5.41) is 2.08. The van der Waals surface area contributed by atoms with Crippen LogP contribution in [0.15, 0.2) is 17.2 Å². The van der Waals surface area contributed by atoms with Crippen LogP contribution in [0.2, 0.25) is 0 Å². The minimum atomic E-state index is -3.71. The Bertz CT molecular complexity index is 739. The van der Waals surface area contributed by atoms with Gasteiger partial charge < -0.3 is 15.6 Å². The van der Waals surface area contributed by atoms with Gasteiger partial charge in [0, 0.05) is 26.3 Å². The van der Waals surface area contributed by atoms with E-state index in [0.29, 0.717) is 13.1 Å². The molecule has 26 heavy (non-hydrogen) atoms. The average molecular weight is 415 g/mol. The number of halogens is 3. The van der Waals surface area contributed by atoms with Gasteiger partial charge in [-0.3, -0.25) is 4.79 Å². The molecule has 150 valence electrons. The molecule has 1 aromatic rings. The van der Waals surface area contributed by atoms with E-state index in [1.807, 2.05) is 6.92 Å². The Balaban J connectivity index is 0.00000338. The molecule has 0 spiro atoms. The molecule has 7 nitrogen and oxygen atoms in total. The summed E-state index contributed by atoms with van der Waals surface area (Å²) in [5.74, 6) is -3.71. The highest BCUT2D eigenvalue weighted by molar-refractivity contribution is 7.89. The highest BCUT2D eigenvalue weighted by Crippen LogP contribution is 2.24. The lowest BCUT2D eigenvalue weighted by Gasteiger charge is -2.29. The summed E-state index contributed by atoms with van der Waals surface area (Å²) in [6.07, 6.45) is 3.09. The third-order valence-corrected chi connectivity index (χ3v) is 6.11. The highest BCUT2D eigenvalue weighted by atomic mass is 35.5. The van der Waals surface area contributed by atoms with E-state index in [9.17, 15) is 22.0 Å². The van der Waals surface area contributed by atoms with E-state index < -0.39 is 34.9 Å². The monoisotopic (exact) mass is 414 g/mol. The molecule has 0 aliphatic carbocycles. The van der Waals surface area contributed by atoms with Crippen molar-refractivity contribution in [2.45, 2.75) is 30.6 Å². The van der Waals surface area contributed by atoms with E-state index in [0.717, 1.165) is 12.8 Å². The van der Waals surface area contributed by atoms with Crippen LogP contribution in [-0.4, -0.2) is 55.3 Å². The number of alkyl halides is 2. The SMILES string of the molecule is CC1CCCN(S(=O)(=O)c2cc(C(=O)NCC(F)(F)CN)n(C)c2)C1.Cl. The summed E-state index contributed by atoms with van der Waals surface area (Å²) < 4.78 is 54.5. The maximum absolute atomic E-state index is 13.2. The normalized spacial score (nSPS) is 19.0. The minimum Gasteiger partial charge on any atom is -0.345 e. The Morgan fingerprint density at radius 1 is 1.46 bits per heavy atom. The van der Waals surface area contributed by atoms with E-state index in [4.69, 9.17) is 5.73 Å². The number of nitrogens with one attached hydrogen (secondary N) is 1. The van der Waals surface area contributed by atoms with Gasteiger partial charge >= 0.3 is 0 Å². The molecule has 3 N–H and O–H groups in total. The zero-order valence-electron chi connectivity index (χ0n) is 14.7. The first-order valence-electron chi connectivity index (χ1n) is 8.09. The molecule has 0 aromatic carbocycles. The number of amides is 1. The summed E-state index contributed by atoms with van der Waals surface area (Å²) in [6, 6.07) is 1.21. The van der Waals surface area contributed by atoms with E-state index >= 15 is 0 Å². The molecule has 1 fully saturated rings. The van der Waals surface area contributed by atoms with Crippen LogP contribution in [0, 0.1) is 5.92 Å². The lowest BCUT2D eigenvalue weighted by atomic mass is 10.0. The zero-order chi connectivity index (χ0) is 18.8. The van der Waals surface area contributed by atoms with Crippen molar-refractivity contribution in [3.8, 4) is 0 Å². The van der Waals surface area contributed by atoms with Gasteiger partial charge in [0.15, 0.2) is 0 Å². The molecular weight excluding hydrogens is 390 g/mol. The van der Waals surface area contributed by atoms with Crippen molar-refractivity contribution in [2.24, 2.45) is 18.7 Å². The smallest absolute Gasteiger partial charge is 0.277 e. The van der Waals surface area contributed by atoms with Gasteiger partial charge in [-0.1, -0.05) is 6.92 Å². The second kappa shape index (κ2) is 8.64. The van der Waals surface area contributed by atoms with Gasteiger partial charge in [-0.05, 0) is 24.8 Å². The fourth-order valence-corrected chi connectivity index (χ4v) is 4.46. The number of hydrogen-bond acceptors (Lipinski definition) is 4. The number of rotatable bonds is 6. The van der Waals surface area contributed by atoms with Gasteiger partial charge in [0.2, 0.25) is 10.0 Å². The van der Waals surface area contributed by atoms with Crippen molar-refractivity contribution in [3.63, 3.8) is 0 Å². The van der Waals surface area contributed by atoms with E-state index in [1.165, 1.54) is 28.2 Å². The Morgan fingerprint density at radius 3 is 2.69 bits per heavy atom. The van der Waals surface area contributed by atoms with Crippen molar-refractivity contribution >= 4 is 28.3 Å². The maximum atomic E-state index is 13.2. The molecule has 1 amide bonds. The molecule has 1 saturated heterocycles. The van der Waals surface area contributed by atoms with Crippen molar-refractivity contribution in [1.29, 1.82) is 0 Å². The Labute approximate surface area is 158 Å². The molecule has 0 saturated carbocycles. The van der Waals surface area contributed by atoms with Gasteiger partial charge in [0.05, 0.1) is 13.1 Å². The van der Waals surface area contributed by atoms with Gasteiger partial charge in [-0.15, -0.1) is 12.4 Å². The molecule has 0 radical (unpaired) electrons. The van der Waals surface area contributed by atoms with Crippen molar-refractivity contribution < 1.29 is 22.0 Å². The van der Waals surface area contributed by atoms with Gasteiger partial charge in [0.25, 0.3) is 11.8 Å². The number of hydrogen-bond donors (Lipinski definition) is 2. The average Bonchev–Trinajstić information content (AvgIpc) is 2.95. The number of sulfonamides is 1. The largest absolute Gasteiger partial charge is 0.345 e. The molecular formula is C15H25ClF2N4O3S. The lowest BCUT2D eigenvalue weighted by molar-refractivity contribution is 0.0117. The second-order valence-electron chi connectivity index (χ2n) is 6.53. The number of aromatic nitrogens is 1. The number of nitrogens with two attached hydrogens (primary N) is 1. The number of piperidine rings is 1. The highest BCUT2D eigenvalue weighted by Gasteiger charge is 2.31. The quantitative estimate of drug-likeness (QED) is 0.730. The fraction of sp³-hybridized carbons (Fsp3) is 0.667. The third kappa shape index (κ3) is 5.15. The molecule has 1 unspecified atom stereocenters. The van der Waals surface area contributed by atoms with E-state index in [-0.39, 0.29) is 28.9 Å². The molecule has 1 aliphatic rings.